The normalized spacial score (nSPS) is 21.9. The van der Waals surface area contributed by atoms with Crippen LogP contribution in [0.25, 0.3) is 0 Å². The molecule has 7 heteroatoms. The number of sulfone groups is 1. The van der Waals surface area contributed by atoms with Crippen LogP contribution in [0.15, 0.2) is 4.52 Å². The van der Waals surface area contributed by atoms with Gasteiger partial charge in [0.05, 0.1) is 11.5 Å². The SMILES string of the molecule is CNC(C)Cc1nc(C2CCS(=O)(=O)CC2)no1. The highest BCUT2D eigenvalue weighted by Crippen LogP contribution is 2.27. The van der Waals surface area contributed by atoms with E-state index in [0.29, 0.717) is 31.0 Å². The van der Waals surface area contributed by atoms with E-state index in [1.165, 1.54) is 0 Å². The molecular formula is C11H19N3O3S. The van der Waals surface area contributed by atoms with Gasteiger partial charge in [0.2, 0.25) is 5.89 Å². The minimum absolute atomic E-state index is 0.121. The van der Waals surface area contributed by atoms with Crippen LogP contribution in [0.1, 0.15) is 37.4 Å². The summed E-state index contributed by atoms with van der Waals surface area (Å²) in [4.78, 5) is 4.36. The molecule has 2 heterocycles. The predicted octanol–water partition coefficient (Wildman–Crippen LogP) is 0.512. The van der Waals surface area contributed by atoms with E-state index in [-0.39, 0.29) is 23.5 Å². The van der Waals surface area contributed by atoms with E-state index in [1.807, 2.05) is 14.0 Å². The lowest BCUT2D eigenvalue weighted by Gasteiger charge is -2.18. The first-order valence-corrected chi connectivity index (χ1v) is 8.02. The van der Waals surface area contributed by atoms with Gasteiger partial charge in [-0.1, -0.05) is 5.16 Å². The van der Waals surface area contributed by atoms with E-state index in [4.69, 9.17) is 4.52 Å². The summed E-state index contributed by atoms with van der Waals surface area (Å²) in [5, 5.41) is 7.07. The van der Waals surface area contributed by atoms with Crippen LogP contribution in [0.3, 0.4) is 0 Å². The van der Waals surface area contributed by atoms with Gasteiger partial charge in [-0.15, -0.1) is 0 Å². The molecule has 1 aromatic rings. The Morgan fingerprint density at radius 3 is 2.72 bits per heavy atom. The number of nitrogens with one attached hydrogen (secondary N) is 1. The zero-order valence-electron chi connectivity index (χ0n) is 10.7. The summed E-state index contributed by atoms with van der Waals surface area (Å²) in [5.41, 5.74) is 0. The highest BCUT2D eigenvalue weighted by molar-refractivity contribution is 7.91. The lowest BCUT2D eigenvalue weighted by molar-refractivity contribution is 0.356. The van der Waals surface area contributed by atoms with Gasteiger partial charge in [0.1, 0.15) is 9.84 Å². The van der Waals surface area contributed by atoms with Crippen molar-refractivity contribution in [2.24, 2.45) is 0 Å². The van der Waals surface area contributed by atoms with E-state index < -0.39 is 9.84 Å². The minimum atomic E-state index is -2.84. The molecule has 0 spiro atoms. The number of nitrogens with zero attached hydrogens (tertiary/aromatic N) is 2. The first-order chi connectivity index (χ1) is 8.50. The number of rotatable bonds is 4. The number of aromatic nitrogens is 2. The van der Waals surface area contributed by atoms with Crippen molar-refractivity contribution < 1.29 is 12.9 Å². The fourth-order valence-electron chi connectivity index (χ4n) is 2.03. The van der Waals surface area contributed by atoms with Crippen molar-refractivity contribution in [3.8, 4) is 0 Å². The minimum Gasteiger partial charge on any atom is -0.339 e. The van der Waals surface area contributed by atoms with Crippen LogP contribution in [-0.4, -0.2) is 43.2 Å². The topological polar surface area (TPSA) is 85.1 Å². The van der Waals surface area contributed by atoms with Gasteiger partial charge in [-0.25, -0.2) is 8.42 Å². The standard InChI is InChI=1S/C11H19N3O3S/c1-8(12-2)7-10-13-11(14-17-10)9-3-5-18(15,16)6-4-9/h8-9,12H,3-7H2,1-2H3. The van der Waals surface area contributed by atoms with E-state index in [1.54, 1.807) is 0 Å². The molecule has 1 aliphatic heterocycles. The third-order valence-electron chi connectivity index (χ3n) is 3.38. The molecule has 1 aliphatic rings. The molecular weight excluding hydrogens is 254 g/mol. The van der Waals surface area contributed by atoms with Crippen molar-refractivity contribution in [1.82, 2.24) is 15.5 Å². The fraction of sp³-hybridized carbons (Fsp3) is 0.818. The van der Waals surface area contributed by atoms with E-state index in [0.717, 1.165) is 0 Å². The Morgan fingerprint density at radius 2 is 2.11 bits per heavy atom. The molecule has 0 amide bonds. The lowest BCUT2D eigenvalue weighted by atomic mass is 10.0. The van der Waals surface area contributed by atoms with Gasteiger partial charge in [0.25, 0.3) is 0 Å². The van der Waals surface area contributed by atoms with Crippen LogP contribution in [0.5, 0.6) is 0 Å². The van der Waals surface area contributed by atoms with Gasteiger partial charge < -0.3 is 9.84 Å². The van der Waals surface area contributed by atoms with Gasteiger partial charge in [-0.3, -0.25) is 0 Å². The number of hydrogen-bond acceptors (Lipinski definition) is 6. The molecule has 0 bridgehead atoms. The summed E-state index contributed by atoms with van der Waals surface area (Å²) < 4.78 is 27.9. The van der Waals surface area contributed by atoms with E-state index in [9.17, 15) is 8.42 Å². The second kappa shape index (κ2) is 5.36. The highest BCUT2D eigenvalue weighted by atomic mass is 32.2. The first-order valence-electron chi connectivity index (χ1n) is 6.20. The molecule has 6 nitrogen and oxygen atoms in total. The maximum absolute atomic E-state index is 11.3. The van der Waals surface area contributed by atoms with Crippen molar-refractivity contribution in [3.05, 3.63) is 11.7 Å². The van der Waals surface area contributed by atoms with Gasteiger partial charge in [0, 0.05) is 18.4 Å². The van der Waals surface area contributed by atoms with E-state index in [2.05, 4.69) is 15.5 Å². The van der Waals surface area contributed by atoms with Crippen molar-refractivity contribution in [2.75, 3.05) is 18.6 Å². The van der Waals surface area contributed by atoms with Crippen LogP contribution in [0, 0.1) is 0 Å². The average Bonchev–Trinajstić information content (AvgIpc) is 2.77. The summed E-state index contributed by atoms with van der Waals surface area (Å²) in [7, 11) is -0.953. The maximum atomic E-state index is 11.3. The van der Waals surface area contributed by atoms with Crippen LogP contribution in [0.4, 0.5) is 0 Å². The monoisotopic (exact) mass is 273 g/mol. The number of likely N-dealkylation sites (N-methyl/N-ethyl adjacent to an activating group) is 1. The second-order valence-electron chi connectivity index (χ2n) is 4.87. The summed E-state index contributed by atoms with van der Waals surface area (Å²) in [6.07, 6.45) is 1.89. The zero-order chi connectivity index (χ0) is 13.2. The molecule has 1 aromatic heterocycles. The molecule has 18 heavy (non-hydrogen) atoms. The molecule has 0 aromatic carbocycles. The smallest absolute Gasteiger partial charge is 0.228 e. The quantitative estimate of drug-likeness (QED) is 0.860. The molecule has 1 saturated heterocycles. The molecule has 1 atom stereocenters. The van der Waals surface area contributed by atoms with Crippen LogP contribution in [-0.2, 0) is 16.3 Å². The fourth-order valence-corrected chi connectivity index (χ4v) is 3.52. The Bertz CT molecular complexity index is 483. The first kappa shape index (κ1) is 13.5. The highest BCUT2D eigenvalue weighted by Gasteiger charge is 2.28. The summed E-state index contributed by atoms with van der Waals surface area (Å²) in [6, 6.07) is 0.282. The average molecular weight is 273 g/mol. The Hall–Kier alpha value is -0.950. The molecule has 1 unspecified atom stereocenters. The molecule has 0 radical (unpaired) electrons. The molecule has 1 fully saturated rings. The van der Waals surface area contributed by atoms with Crippen molar-refractivity contribution in [1.29, 1.82) is 0 Å². The summed E-state index contributed by atoms with van der Waals surface area (Å²) in [5.74, 6) is 1.85. The molecule has 1 N–H and O–H groups in total. The third kappa shape index (κ3) is 3.29. The van der Waals surface area contributed by atoms with Gasteiger partial charge in [-0.05, 0) is 26.8 Å². The van der Waals surface area contributed by atoms with Crippen LogP contribution < -0.4 is 5.32 Å². The Balaban J connectivity index is 1.98. The van der Waals surface area contributed by atoms with Gasteiger partial charge in [-0.2, -0.15) is 4.98 Å². The molecule has 0 aliphatic carbocycles. The van der Waals surface area contributed by atoms with Crippen LogP contribution in [0.2, 0.25) is 0 Å². The second-order valence-corrected chi connectivity index (χ2v) is 7.17. The Morgan fingerprint density at radius 1 is 1.44 bits per heavy atom. The molecule has 102 valence electrons. The zero-order valence-corrected chi connectivity index (χ0v) is 11.5. The van der Waals surface area contributed by atoms with Gasteiger partial charge >= 0.3 is 0 Å². The van der Waals surface area contributed by atoms with Crippen molar-refractivity contribution in [2.45, 2.75) is 38.1 Å². The summed E-state index contributed by atoms with van der Waals surface area (Å²) >= 11 is 0. The lowest BCUT2D eigenvalue weighted by Crippen LogP contribution is -2.24. The van der Waals surface area contributed by atoms with Crippen LogP contribution >= 0.6 is 0 Å². The Labute approximate surface area is 107 Å². The predicted molar refractivity (Wildman–Crippen MR) is 67.2 cm³/mol. The van der Waals surface area contributed by atoms with Crippen molar-refractivity contribution in [3.63, 3.8) is 0 Å². The number of hydrogen-bond donors (Lipinski definition) is 1. The van der Waals surface area contributed by atoms with E-state index >= 15 is 0 Å². The summed E-state index contributed by atoms with van der Waals surface area (Å²) in [6.45, 7) is 2.04. The van der Waals surface area contributed by atoms with Gasteiger partial charge in [0.15, 0.2) is 5.82 Å². The third-order valence-corrected chi connectivity index (χ3v) is 5.09. The molecule has 0 saturated carbocycles. The van der Waals surface area contributed by atoms with Crippen molar-refractivity contribution >= 4 is 9.84 Å². The largest absolute Gasteiger partial charge is 0.339 e. The molecule has 2 rings (SSSR count). The Kier molecular flexibility index (Phi) is 4.01. The maximum Gasteiger partial charge on any atom is 0.228 e.